The molecule has 21 heavy (non-hydrogen) atoms. The van der Waals surface area contributed by atoms with Gasteiger partial charge in [0, 0.05) is 27.5 Å². The van der Waals surface area contributed by atoms with Crippen LogP contribution >= 0.6 is 27.5 Å². The molecule has 2 rings (SSSR count). The highest BCUT2D eigenvalue weighted by Gasteiger charge is 2.27. The van der Waals surface area contributed by atoms with Gasteiger partial charge in [0.2, 0.25) is 0 Å². The van der Waals surface area contributed by atoms with E-state index < -0.39 is 23.7 Å². The molecular weight excluding hydrogens is 364 g/mol. The second-order valence-corrected chi connectivity index (χ2v) is 5.85. The summed E-state index contributed by atoms with van der Waals surface area (Å²) >= 11 is 9.26. The molecule has 0 saturated heterocycles. The smallest absolute Gasteiger partial charge is 0.128 e. The van der Waals surface area contributed by atoms with Crippen LogP contribution in [0.5, 0.6) is 0 Å². The third kappa shape index (κ3) is 3.43. The van der Waals surface area contributed by atoms with Crippen LogP contribution in [0.1, 0.15) is 23.1 Å². The van der Waals surface area contributed by atoms with Crippen molar-refractivity contribution in [2.75, 3.05) is 6.54 Å². The van der Waals surface area contributed by atoms with E-state index in [1.807, 2.05) is 0 Å². The van der Waals surface area contributed by atoms with Gasteiger partial charge in [0.1, 0.15) is 11.6 Å². The van der Waals surface area contributed by atoms with E-state index in [0.717, 1.165) is 0 Å². The van der Waals surface area contributed by atoms with Crippen LogP contribution < -0.4 is 5.73 Å². The van der Waals surface area contributed by atoms with Crippen LogP contribution in [0.2, 0.25) is 5.02 Å². The van der Waals surface area contributed by atoms with Crippen molar-refractivity contribution in [1.82, 2.24) is 0 Å². The van der Waals surface area contributed by atoms with E-state index >= 15 is 0 Å². The Hall–Kier alpha value is -1.01. The first kappa shape index (κ1) is 16.4. The Morgan fingerprint density at radius 1 is 1.24 bits per heavy atom. The Labute approximate surface area is 134 Å². The summed E-state index contributed by atoms with van der Waals surface area (Å²) in [5.41, 5.74) is 6.10. The summed E-state index contributed by atoms with van der Waals surface area (Å²) < 4.78 is 27.9. The zero-order valence-corrected chi connectivity index (χ0v) is 13.2. The van der Waals surface area contributed by atoms with Crippen LogP contribution in [0.25, 0.3) is 0 Å². The van der Waals surface area contributed by atoms with Crippen molar-refractivity contribution in [3.8, 4) is 0 Å². The van der Waals surface area contributed by atoms with Crippen molar-refractivity contribution in [3.05, 3.63) is 68.7 Å². The summed E-state index contributed by atoms with van der Waals surface area (Å²) in [5.74, 6) is -1.83. The summed E-state index contributed by atoms with van der Waals surface area (Å²) in [7, 11) is 0. The molecule has 2 aromatic carbocycles. The molecule has 2 unspecified atom stereocenters. The lowest BCUT2D eigenvalue weighted by Gasteiger charge is -2.24. The molecule has 0 saturated carbocycles. The van der Waals surface area contributed by atoms with Crippen LogP contribution in [-0.4, -0.2) is 11.7 Å². The van der Waals surface area contributed by atoms with Crippen molar-refractivity contribution in [2.24, 2.45) is 5.73 Å². The summed E-state index contributed by atoms with van der Waals surface area (Å²) in [5, 5.41) is 10.7. The zero-order valence-electron chi connectivity index (χ0n) is 10.9. The topological polar surface area (TPSA) is 46.2 Å². The highest BCUT2D eigenvalue weighted by Crippen LogP contribution is 2.38. The van der Waals surface area contributed by atoms with Crippen molar-refractivity contribution in [2.45, 2.75) is 12.0 Å². The van der Waals surface area contributed by atoms with Gasteiger partial charge in [0.25, 0.3) is 0 Å². The average Bonchev–Trinajstić information content (AvgIpc) is 2.45. The number of aliphatic hydroxyl groups excluding tert-OH is 1. The van der Waals surface area contributed by atoms with Gasteiger partial charge < -0.3 is 10.8 Å². The van der Waals surface area contributed by atoms with E-state index in [-0.39, 0.29) is 17.1 Å². The van der Waals surface area contributed by atoms with Gasteiger partial charge in [-0.3, -0.25) is 0 Å². The van der Waals surface area contributed by atoms with E-state index in [0.29, 0.717) is 10.0 Å². The molecule has 0 spiro atoms. The van der Waals surface area contributed by atoms with Crippen LogP contribution in [0, 0.1) is 11.6 Å². The molecule has 2 aromatic rings. The second-order valence-electron chi connectivity index (χ2n) is 4.59. The number of rotatable bonds is 4. The largest absolute Gasteiger partial charge is 0.388 e. The van der Waals surface area contributed by atoms with Gasteiger partial charge in [-0.2, -0.15) is 0 Å². The predicted molar refractivity (Wildman–Crippen MR) is 82.3 cm³/mol. The van der Waals surface area contributed by atoms with Crippen molar-refractivity contribution in [3.63, 3.8) is 0 Å². The Kier molecular flexibility index (Phi) is 5.32. The van der Waals surface area contributed by atoms with Crippen molar-refractivity contribution < 1.29 is 13.9 Å². The molecular formula is C15H13BrClF2NO. The van der Waals surface area contributed by atoms with Gasteiger partial charge in [0.15, 0.2) is 0 Å². The number of halogens is 4. The molecule has 0 aliphatic rings. The van der Waals surface area contributed by atoms with Gasteiger partial charge in [-0.25, -0.2) is 8.78 Å². The first-order valence-corrected chi connectivity index (χ1v) is 7.39. The van der Waals surface area contributed by atoms with Crippen LogP contribution in [0.4, 0.5) is 8.78 Å². The molecule has 2 nitrogen and oxygen atoms in total. The molecule has 0 aromatic heterocycles. The molecule has 0 bridgehead atoms. The fourth-order valence-corrected chi connectivity index (χ4v) is 3.01. The normalized spacial score (nSPS) is 14.0. The first-order valence-electron chi connectivity index (χ1n) is 6.22. The molecule has 6 heteroatoms. The van der Waals surface area contributed by atoms with Crippen LogP contribution in [0.15, 0.2) is 40.9 Å². The van der Waals surface area contributed by atoms with Crippen LogP contribution in [-0.2, 0) is 0 Å². The van der Waals surface area contributed by atoms with Gasteiger partial charge in [-0.05, 0) is 35.9 Å². The predicted octanol–water partition coefficient (Wildman–Crippen LogP) is 4.16. The molecule has 2 atom stereocenters. The van der Waals surface area contributed by atoms with Gasteiger partial charge in [0.05, 0.1) is 6.10 Å². The Morgan fingerprint density at radius 2 is 1.95 bits per heavy atom. The SMILES string of the molecule is NCC(c1c(F)cccc1Cl)C(O)c1cc(F)ccc1Br. The van der Waals surface area contributed by atoms with Gasteiger partial charge in [-0.1, -0.05) is 33.6 Å². The molecule has 0 aliphatic carbocycles. The number of nitrogens with two attached hydrogens (primary N) is 1. The average molecular weight is 377 g/mol. The summed E-state index contributed by atoms with van der Waals surface area (Å²) in [6, 6.07) is 8.16. The summed E-state index contributed by atoms with van der Waals surface area (Å²) in [6.07, 6.45) is -1.19. The third-order valence-electron chi connectivity index (χ3n) is 3.28. The standard InChI is InChI=1S/C15H13BrClF2NO/c16-11-5-4-8(18)6-9(11)15(21)10(7-20)14-12(17)2-1-3-13(14)19/h1-6,10,15,21H,7,20H2. The van der Waals surface area contributed by atoms with E-state index in [4.69, 9.17) is 17.3 Å². The minimum Gasteiger partial charge on any atom is -0.388 e. The maximum absolute atomic E-state index is 14.0. The van der Waals surface area contributed by atoms with E-state index in [2.05, 4.69) is 15.9 Å². The first-order chi connectivity index (χ1) is 9.95. The summed E-state index contributed by atoms with van der Waals surface area (Å²) in [4.78, 5) is 0. The number of aliphatic hydroxyl groups is 1. The van der Waals surface area contributed by atoms with E-state index in [1.54, 1.807) is 0 Å². The lowest BCUT2D eigenvalue weighted by atomic mass is 9.88. The monoisotopic (exact) mass is 375 g/mol. The van der Waals surface area contributed by atoms with Crippen molar-refractivity contribution in [1.29, 1.82) is 0 Å². The quantitative estimate of drug-likeness (QED) is 0.842. The number of hydrogen-bond acceptors (Lipinski definition) is 2. The Bertz CT molecular complexity index is 633. The number of benzene rings is 2. The van der Waals surface area contributed by atoms with Gasteiger partial charge >= 0.3 is 0 Å². The van der Waals surface area contributed by atoms with Gasteiger partial charge in [-0.15, -0.1) is 0 Å². The lowest BCUT2D eigenvalue weighted by molar-refractivity contribution is 0.144. The molecule has 0 aliphatic heterocycles. The molecule has 0 fully saturated rings. The highest BCUT2D eigenvalue weighted by atomic mass is 79.9. The third-order valence-corrected chi connectivity index (χ3v) is 4.33. The Morgan fingerprint density at radius 3 is 2.57 bits per heavy atom. The molecule has 0 radical (unpaired) electrons. The number of hydrogen-bond donors (Lipinski definition) is 2. The van der Waals surface area contributed by atoms with E-state index in [9.17, 15) is 13.9 Å². The lowest BCUT2D eigenvalue weighted by Crippen LogP contribution is -2.22. The minimum atomic E-state index is -1.19. The second kappa shape index (κ2) is 6.83. The highest BCUT2D eigenvalue weighted by molar-refractivity contribution is 9.10. The zero-order chi connectivity index (χ0) is 15.6. The van der Waals surface area contributed by atoms with E-state index in [1.165, 1.54) is 36.4 Å². The maximum atomic E-state index is 14.0. The molecule has 0 amide bonds. The molecule has 0 heterocycles. The maximum Gasteiger partial charge on any atom is 0.128 e. The molecule has 3 N–H and O–H groups in total. The fourth-order valence-electron chi connectivity index (χ4n) is 2.23. The summed E-state index contributed by atoms with van der Waals surface area (Å²) in [6.45, 7) is -0.0369. The Balaban J connectivity index is 2.48. The van der Waals surface area contributed by atoms with Crippen molar-refractivity contribution >= 4 is 27.5 Å². The fraction of sp³-hybridized carbons (Fsp3) is 0.200. The van der Waals surface area contributed by atoms with Crippen LogP contribution in [0.3, 0.4) is 0 Å². The minimum absolute atomic E-state index is 0.0369. The molecule has 112 valence electrons.